The van der Waals surface area contributed by atoms with Gasteiger partial charge in [-0.15, -0.1) is 0 Å². The first-order valence-electron chi connectivity index (χ1n) is 8.13. The van der Waals surface area contributed by atoms with Gasteiger partial charge in [0.25, 0.3) is 0 Å². The fourth-order valence-electron chi connectivity index (χ4n) is 2.95. The van der Waals surface area contributed by atoms with Gasteiger partial charge < -0.3 is 14.9 Å². The van der Waals surface area contributed by atoms with Gasteiger partial charge in [0, 0.05) is 25.2 Å². The van der Waals surface area contributed by atoms with Gasteiger partial charge in [0.05, 0.1) is 12.5 Å². The van der Waals surface area contributed by atoms with Gasteiger partial charge in [-0.3, -0.25) is 14.4 Å². The van der Waals surface area contributed by atoms with E-state index in [-0.39, 0.29) is 18.6 Å². The van der Waals surface area contributed by atoms with Crippen LogP contribution in [0.2, 0.25) is 0 Å². The Bertz CT molecular complexity index is 456. The average Bonchev–Trinajstić information content (AvgIpc) is 2.71. The summed E-state index contributed by atoms with van der Waals surface area (Å²) in [5.74, 6) is -2.98. The molecule has 6 heteroatoms. The van der Waals surface area contributed by atoms with Crippen LogP contribution in [0, 0.1) is 11.8 Å². The molecule has 0 heterocycles. The van der Waals surface area contributed by atoms with Crippen molar-refractivity contribution in [3.8, 4) is 0 Å². The molecule has 1 fully saturated rings. The van der Waals surface area contributed by atoms with Crippen molar-refractivity contribution >= 4 is 17.7 Å². The Balaban J connectivity index is 2.77. The number of aliphatic hydroxyl groups is 1. The lowest BCUT2D eigenvalue weighted by atomic mass is 9.90. The Morgan fingerprint density at radius 3 is 2.65 bits per heavy atom. The van der Waals surface area contributed by atoms with Gasteiger partial charge in [-0.25, -0.2) is 0 Å². The highest BCUT2D eigenvalue weighted by molar-refractivity contribution is 5.88. The number of esters is 1. The number of rotatable bonds is 9. The largest absolute Gasteiger partial charge is 0.481 e. The molecule has 130 valence electrons. The molecule has 0 aromatic rings. The van der Waals surface area contributed by atoms with E-state index in [1.165, 1.54) is 6.92 Å². The summed E-state index contributed by atoms with van der Waals surface area (Å²) in [5.41, 5.74) is 0. The van der Waals surface area contributed by atoms with E-state index in [4.69, 9.17) is 9.84 Å². The third-order valence-electron chi connectivity index (χ3n) is 4.08. The maximum atomic E-state index is 12.0. The summed E-state index contributed by atoms with van der Waals surface area (Å²) in [4.78, 5) is 34.1. The first kappa shape index (κ1) is 19.4. The Morgan fingerprint density at radius 2 is 2.09 bits per heavy atom. The predicted octanol–water partition coefficient (Wildman–Crippen LogP) is 2.10. The molecule has 0 spiro atoms. The molecular formula is C17H26O6. The summed E-state index contributed by atoms with van der Waals surface area (Å²) in [5, 5.41) is 18.9. The van der Waals surface area contributed by atoms with Gasteiger partial charge >= 0.3 is 11.9 Å². The van der Waals surface area contributed by atoms with E-state index in [2.05, 4.69) is 6.92 Å². The third kappa shape index (κ3) is 6.52. The van der Waals surface area contributed by atoms with E-state index in [1.54, 1.807) is 12.2 Å². The van der Waals surface area contributed by atoms with Gasteiger partial charge in [0.2, 0.25) is 0 Å². The topological polar surface area (TPSA) is 101 Å². The minimum Gasteiger partial charge on any atom is -0.481 e. The molecule has 0 aromatic carbocycles. The van der Waals surface area contributed by atoms with Crippen LogP contribution < -0.4 is 0 Å². The quantitative estimate of drug-likeness (QED) is 0.382. The lowest BCUT2D eigenvalue weighted by molar-refractivity contribution is -0.147. The van der Waals surface area contributed by atoms with Crippen LogP contribution in [0.25, 0.3) is 0 Å². The number of carbonyl (C=O) groups is 3. The van der Waals surface area contributed by atoms with E-state index in [0.717, 1.165) is 19.3 Å². The number of carbonyl (C=O) groups excluding carboxylic acids is 2. The lowest BCUT2D eigenvalue weighted by Gasteiger charge is -2.20. The summed E-state index contributed by atoms with van der Waals surface area (Å²) in [6.07, 6.45) is 5.28. The van der Waals surface area contributed by atoms with Crippen molar-refractivity contribution in [2.75, 3.05) is 0 Å². The summed E-state index contributed by atoms with van der Waals surface area (Å²) in [7, 11) is 0. The van der Waals surface area contributed by atoms with E-state index in [1.807, 2.05) is 0 Å². The predicted molar refractivity (Wildman–Crippen MR) is 83.7 cm³/mol. The zero-order valence-electron chi connectivity index (χ0n) is 13.7. The molecule has 0 radical (unpaired) electrons. The van der Waals surface area contributed by atoms with Gasteiger partial charge in [0.15, 0.2) is 0 Å². The number of ketones is 1. The summed E-state index contributed by atoms with van der Waals surface area (Å²) in [6, 6.07) is 0. The molecule has 2 N–H and O–H groups in total. The highest BCUT2D eigenvalue weighted by Gasteiger charge is 2.43. The van der Waals surface area contributed by atoms with Gasteiger partial charge in [-0.2, -0.15) is 0 Å². The second-order valence-electron chi connectivity index (χ2n) is 6.05. The molecular weight excluding hydrogens is 300 g/mol. The first-order chi connectivity index (χ1) is 10.8. The Labute approximate surface area is 136 Å². The van der Waals surface area contributed by atoms with Crippen molar-refractivity contribution in [2.45, 2.75) is 64.6 Å². The number of carboxylic acid groups (broad SMARTS) is 1. The van der Waals surface area contributed by atoms with Crippen LogP contribution in [-0.4, -0.2) is 40.1 Å². The number of hydrogen-bond donors (Lipinski definition) is 2. The SMILES string of the molecule is CCCCCC(O)C=CC1C(OC(C)=O)CC(=O)C1CC(=O)O. The Kier molecular flexibility index (Phi) is 7.95. The number of aliphatic carboxylic acids is 1. The van der Waals surface area contributed by atoms with Crippen LogP contribution in [0.4, 0.5) is 0 Å². The minimum absolute atomic E-state index is 0.0263. The maximum absolute atomic E-state index is 12.0. The van der Waals surface area contributed by atoms with Crippen molar-refractivity contribution in [1.29, 1.82) is 0 Å². The number of hydrogen-bond acceptors (Lipinski definition) is 5. The van der Waals surface area contributed by atoms with E-state index in [0.29, 0.717) is 6.42 Å². The van der Waals surface area contributed by atoms with E-state index < -0.39 is 36.0 Å². The number of carboxylic acids is 1. The van der Waals surface area contributed by atoms with Crippen LogP contribution in [-0.2, 0) is 19.1 Å². The van der Waals surface area contributed by atoms with Crippen LogP contribution in [0.15, 0.2) is 12.2 Å². The molecule has 1 saturated carbocycles. The number of ether oxygens (including phenoxy) is 1. The van der Waals surface area contributed by atoms with Gasteiger partial charge in [-0.05, 0) is 6.42 Å². The zero-order valence-corrected chi connectivity index (χ0v) is 13.7. The Hall–Kier alpha value is -1.69. The number of unbranched alkanes of at least 4 members (excludes halogenated alkanes) is 2. The summed E-state index contributed by atoms with van der Waals surface area (Å²) < 4.78 is 5.15. The van der Waals surface area contributed by atoms with Crippen molar-refractivity contribution in [2.24, 2.45) is 11.8 Å². The minimum atomic E-state index is -1.06. The molecule has 1 rings (SSSR count). The Morgan fingerprint density at radius 1 is 1.39 bits per heavy atom. The van der Waals surface area contributed by atoms with Crippen molar-refractivity contribution in [1.82, 2.24) is 0 Å². The number of Topliss-reactive ketones (excluding diaryl/α,β-unsaturated/α-hetero) is 1. The molecule has 6 nitrogen and oxygen atoms in total. The molecule has 0 bridgehead atoms. The highest BCUT2D eigenvalue weighted by atomic mass is 16.5. The van der Waals surface area contributed by atoms with Crippen LogP contribution in [0.1, 0.15) is 52.4 Å². The van der Waals surface area contributed by atoms with Gasteiger partial charge in [0.1, 0.15) is 11.9 Å². The molecule has 0 amide bonds. The second-order valence-corrected chi connectivity index (χ2v) is 6.05. The molecule has 0 saturated heterocycles. The van der Waals surface area contributed by atoms with Crippen LogP contribution in [0.3, 0.4) is 0 Å². The van der Waals surface area contributed by atoms with E-state index in [9.17, 15) is 19.5 Å². The number of aliphatic hydroxyl groups excluding tert-OH is 1. The molecule has 4 atom stereocenters. The average molecular weight is 326 g/mol. The molecule has 4 unspecified atom stereocenters. The van der Waals surface area contributed by atoms with Crippen molar-refractivity contribution in [3.63, 3.8) is 0 Å². The van der Waals surface area contributed by atoms with Crippen molar-refractivity contribution in [3.05, 3.63) is 12.2 Å². The fourth-order valence-corrected chi connectivity index (χ4v) is 2.95. The van der Waals surface area contributed by atoms with Gasteiger partial charge in [-0.1, -0.05) is 38.3 Å². The summed E-state index contributed by atoms with van der Waals surface area (Å²) >= 11 is 0. The van der Waals surface area contributed by atoms with Crippen molar-refractivity contribution < 1.29 is 29.3 Å². The standard InChI is InChI=1S/C17H26O6/c1-3-4-5-6-12(19)7-8-13-14(9-17(21)22)15(20)10-16(13)23-11(2)18/h7-8,12-14,16,19H,3-6,9-10H2,1-2H3,(H,21,22). The molecule has 0 aromatic heterocycles. The third-order valence-corrected chi connectivity index (χ3v) is 4.08. The molecule has 0 aliphatic heterocycles. The smallest absolute Gasteiger partial charge is 0.304 e. The second kappa shape index (κ2) is 9.45. The van der Waals surface area contributed by atoms with E-state index >= 15 is 0 Å². The molecule has 23 heavy (non-hydrogen) atoms. The molecule has 1 aliphatic carbocycles. The summed E-state index contributed by atoms with van der Waals surface area (Å²) in [6.45, 7) is 3.34. The van der Waals surface area contributed by atoms with Crippen LogP contribution in [0.5, 0.6) is 0 Å². The molecule has 1 aliphatic rings. The monoisotopic (exact) mass is 326 g/mol. The zero-order chi connectivity index (χ0) is 17.4. The maximum Gasteiger partial charge on any atom is 0.304 e. The normalized spacial score (nSPS) is 25.7. The highest BCUT2D eigenvalue weighted by Crippen LogP contribution is 2.35. The lowest BCUT2D eigenvalue weighted by Crippen LogP contribution is -2.25. The first-order valence-corrected chi connectivity index (χ1v) is 8.13. The fraction of sp³-hybridized carbons (Fsp3) is 0.706. The van der Waals surface area contributed by atoms with Crippen LogP contribution >= 0.6 is 0 Å².